The standard InChI is InChI=1S/C15H20N4O5S/c1-2-13-17-18-14(24-13)12-9-11(10-16-12)25(20,21)19-5-3-15(4-6-19)22-7-8-23-15/h9-10,16H,2-8H2,1H3. The summed E-state index contributed by atoms with van der Waals surface area (Å²) in [5.74, 6) is 0.186. The number of aromatic nitrogens is 3. The van der Waals surface area contributed by atoms with Crippen LogP contribution >= 0.6 is 0 Å². The van der Waals surface area contributed by atoms with Gasteiger partial charge in [-0.25, -0.2) is 8.42 Å². The Hall–Kier alpha value is -1.75. The first-order valence-electron chi connectivity index (χ1n) is 8.32. The molecular formula is C15H20N4O5S. The molecule has 2 aromatic heterocycles. The molecule has 0 unspecified atom stereocenters. The second kappa shape index (κ2) is 6.20. The number of H-pyrrole nitrogens is 1. The maximum absolute atomic E-state index is 12.9. The summed E-state index contributed by atoms with van der Waals surface area (Å²) in [6.45, 7) is 3.77. The Bertz CT molecular complexity index is 843. The number of ether oxygens (including phenoxy) is 2. The number of hydrogen-bond acceptors (Lipinski definition) is 7. The number of nitrogens with zero attached hydrogens (tertiary/aromatic N) is 3. The zero-order valence-corrected chi connectivity index (χ0v) is 14.7. The van der Waals surface area contributed by atoms with E-state index in [0.717, 1.165) is 0 Å². The first kappa shape index (κ1) is 16.7. The van der Waals surface area contributed by atoms with Crippen LogP contribution in [0.5, 0.6) is 0 Å². The third-order valence-electron chi connectivity index (χ3n) is 4.59. The van der Waals surface area contributed by atoms with Gasteiger partial charge in [0, 0.05) is 38.5 Å². The van der Waals surface area contributed by atoms with Gasteiger partial charge in [-0.3, -0.25) is 0 Å². The number of aryl methyl sites for hydroxylation is 1. The molecule has 136 valence electrons. The Balaban J connectivity index is 1.51. The van der Waals surface area contributed by atoms with Crippen molar-refractivity contribution in [3.8, 4) is 11.6 Å². The molecule has 0 radical (unpaired) electrons. The van der Waals surface area contributed by atoms with E-state index in [2.05, 4.69) is 15.2 Å². The van der Waals surface area contributed by atoms with Crippen LogP contribution in [0.3, 0.4) is 0 Å². The SMILES string of the molecule is CCc1nnc(-c2cc(S(=O)(=O)N3CCC4(CC3)OCCO4)c[nH]2)o1. The second-order valence-corrected chi connectivity index (χ2v) is 8.05. The molecule has 0 atom stereocenters. The maximum atomic E-state index is 12.9. The zero-order valence-electron chi connectivity index (χ0n) is 13.9. The molecule has 2 aliphatic heterocycles. The third-order valence-corrected chi connectivity index (χ3v) is 6.47. The van der Waals surface area contributed by atoms with Gasteiger partial charge in [-0.05, 0) is 6.07 Å². The van der Waals surface area contributed by atoms with Crippen LogP contribution in [0.2, 0.25) is 0 Å². The summed E-state index contributed by atoms with van der Waals surface area (Å²) >= 11 is 0. The van der Waals surface area contributed by atoms with Crippen molar-refractivity contribution in [2.75, 3.05) is 26.3 Å². The van der Waals surface area contributed by atoms with Crippen molar-refractivity contribution in [2.24, 2.45) is 0 Å². The van der Waals surface area contributed by atoms with Gasteiger partial charge in [0.1, 0.15) is 10.6 Å². The fraction of sp³-hybridized carbons (Fsp3) is 0.600. The lowest BCUT2D eigenvalue weighted by Crippen LogP contribution is -2.47. The quantitative estimate of drug-likeness (QED) is 0.862. The minimum atomic E-state index is -3.59. The lowest BCUT2D eigenvalue weighted by Gasteiger charge is -2.36. The van der Waals surface area contributed by atoms with E-state index in [-0.39, 0.29) is 10.8 Å². The first-order valence-corrected chi connectivity index (χ1v) is 9.76. The van der Waals surface area contributed by atoms with Crippen molar-refractivity contribution in [3.05, 3.63) is 18.2 Å². The summed E-state index contributed by atoms with van der Waals surface area (Å²) in [4.78, 5) is 3.09. The van der Waals surface area contributed by atoms with E-state index in [1.54, 1.807) is 0 Å². The van der Waals surface area contributed by atoms with Crippen molar-refractivity contribution in [1.29, 1.82) is 0 Å². The van der Waals surface area contributed by atoms with Gasteiger partial charge >= 0.3 is 0 Å². The predicted molar refractivity (Wildman–Crippen MR) is 86.1 cm³/mol. The van der Waals surface area contributed by atoms with Crippen LogP contribution in [0.1, 0.15) is 25.7 Å². The number of sulfonamides is 1. The highest BCUT2D eigenvalue weighted by Crippen LogP contribution is 2.33. The van der Waals surface area contributed by atoms with Crippen molar-refractivity contribution in [2.45, 2.75) is 36.9 Å². The molecule has 10 heteroatoms. The number of piperidine rings is 1. The van der Waals surface area contributed by atoms with Gasteiger partial charge in [0.2, 0.25) is 15.9 Å². The number of nitrogens with one attached hydrogen (secondary N) is 1. The largest absolute Gasteiger partial charge is 0.419 e. The van der Waals surface area contributed by atoms with E-state index in [1.165, 1.54) is 16.6 Å². The van der Waals surface area contributed by atoms with Gasteiger partial charge in [0.05, 0.1) is 13.2 Å². The van der Waals surface area contributed by atoms with Gasteiger partial charge in [-0.2, -0.15) is 4.31 Å². The highest BCUT2D eigenvalue weighted by atomic mass is 32.2. The van der Waals surface area contributed by atoms with Gasteiger partial charge in [-0.1, -0.05) is 6.92 Å². The Morgan fingerprint density at radius 1 is 1.24 bits per heavy atom. The summed E-state index contributed by atoms with van der Waals surface area (Å²) in [7, 11) is -3.59. The molecule has 1 N–H and O–H groups in total. The summed E-state index contributed by atoms with van der Waals surface area (Å²) in [6, 6.07) is 1.52. The first-order chi connectivity index (χ1) is 12.0. The average molecular weight is 368 g/mol. The van der Waals surface area contributed by atoms with Crippen LogP contribution in [0, 0.1) is 0 Å². The van der Waals surface area contributed by atoms with Crippen molar-refractivity contribution in [3.63, 3.8) is 0 Å². The topological polar surface area (TPSA) is 111 Å². The normalized spacial score (nSPS) is 21.2. The van der Waals surface area contributed by atoms with E-state index >= 15 is 0 Å². The van der Waals surface area contributed by atoms with E-state index in [4.69, 9.17) is 13.9 Å². The van der Waals surface area contributed by atoms with Crippen molar-refractivity contribution >= 4 is 10.0 Å². The molecule has 0 bridgehead atoms. The van der Waals surface area contributed by atoms with Gasteiger partial charge in [0.15, 0.2) is 5.79 Å². The number of hydrogen-bond donors (Lipinski definition) is 1. The van der Waals surface area contributed by atoms with Crippen LogP contribution in [0.4, 0.5) is 0 Å². The molecule has 0 saturated carbocycles. The summed E-state index contributed by atoms with van der Waals surface area (Å²) < 4.78 is 43.9. The van der Waals surface area contributed by atoms with Crippen LogP contribution in [-0.2, 0) is 25.9 Å². The molecule has 1 spiro atoms. The summed E-state index contributed by atoms with van der Waals surface area (Å²) in [5.41, 5.74) is 0.488. The molecule has 9 nitrogen and oxygen atoms in total. The summed E-state index contributed by atoms with van der Waals surface area (Å²) in [5, 5.41) is 7.81. The maximum Gasteiger partial charge on any atom is 0.264 e. The van der Waals surface area contributed by atoms with Gasteiger partial charge < -0.3 is 18.9 Å². The lowest BCUT2D eigenvalue weighted by atomic mass is 10.1. The Morgan fingerprint density at radius 3 is 2.60 bits per heavy atom. The van der Waals surface area contributed by atoms with E-state index in [9.17, 15) is 8.42 Å². The van der Waals surface area contributed by atoms with Crippen LogP contribution in [-0.4, -0.2) is 60.0 Å². The zero-order chi connectivity index (χ0) is 17.5. The van der Waals surface area contributed by atoms with E-state index in [0.29, 0.717) is 57.2 Å². The molecule has 25 heavy (non-hydrogen) atoms. The molecule has 0 aliphatic carbocycles. The minimum absolute atomic E-state index is 0.183. The van der Waals surface area contributed by atoms with E-state index in [1.807, 2.05) is 6.92 Å². The third kappa shape index (κ3) is 2.99. The Morgan fingerprint density at radius 2 is 1.96 bits per heavy atom. The number of aromatic amines is 1. The highest BCUT2D eigenvalue weighted by Gasteiger charge is 2.42. The Labute approximate surface area is 145 Å². The molecule has 2 saturated heterocycles. The Kier molecular flexibility index (Phi) is 4.14. The van der Waals surface area contributed by atoms with Crippen molar-refractivity contribution in [1.82, 2.24) is 19.5 Å². The molecule has 0 aromatic carbocycles. The minimum Gasteiger partial charge on any atom is -0.419 e. The van der Waals surface area contributed by atoms with Crippen LogP contribution in [0.25, 0.3) is 11.6 Å². The van der Waals surface area contributed by atoms with Crippen LogP contribution in [0.15, 0.2) is 21.6 Å². The number of rotatable bonds is 4. The molecule has 0 amide bonds. The van der Waals surface area contributed by atoms with Crippen molar-refractivity contribution < 1.29 is 22.3 Å². The highest BCUT2D eigenvalue weighted by molar-refractivity contribution is 7.89. The van der Waals surface area contributed by atoms with Crippen LogP contribution < -0.4 is 0 Å². The lowest BCUT2D eigenvalue weighted by molar-refractivity contribution is -0.179. The fourth-order valence-electron chi connectivity index (χ4n) is 3.15. The molecular weight excluding hydrogens is 348 g/mol. The fourth-order valence-corrected chi connectivity index (χ4v) is 4.59. The van der Waals surface area contributed by atoms with E-state index < -0.39 is 15.8 Å². The monoisotopic (exact) mass is 368 g/mol. The molecule has 4 rings (SSSR count). The molecule has 2 fully saturated rings. The average Bonchev–Trinajstić information content (AvgIpc) is 3.35. The predicted octanol–water partition coefficient (Wildman–Crippen LogP) is 1.15. The van der Waals surface area contributed by atoms with Gasteiger partial charge in [0.25, 0.3) is 5.89 Å². The smallest absolute Gasteiger partial charge is 0.264 e. The van der Waals surface area contributed by atoms with Gasteiger partial charge in [-0.15, -0.1) is 10.2 Å². The molecule has 2 aromatic rings. The summed E-state index contributed by atoms with van der Waals surface area (Å²) in [6.07, 6.45) is 3.14. The molecule has 2 aliphatic rings. The second-order valence-electron chi connectivity index (χ2n) is 6.12. The molecule has 4 heterocycles.